The fourth-order valence-corrected chi connectivity index (χ4v) is 2.31. The Morgan fingerprint density at radius 3 is 2.36 bits per heavy atom. The third kappa shape index (κ3) is 2.75. The minimum absolute atomic E-state index is 0.135. The Kier molecular flexibility index (Phi) is 2.97. The second-order valence-corrected chi connectivity index (χ2v) is 5.22. The first kappa shape index (κ1) is 11.6. The van der Waals surface area contributed by atoms with Crippen molar-refractivity contribution in [3.8, 4) is 0 Å². The summed E-state index contributed by atoms with van der Waals surface area (Å²) in [6.07, 6.45) is -0.318. The maximum atomic E-state index is 13.7. The van der Waals surface area contributed by atoms with Crippen LogP contribution in [-0.2, 0) is 5.92 Å². The van der Waals surface area contributed by atoms with E-state index in [-0.39, 0.29) is 11.3 Å². The Hall–Kier alpha value is -0.480. The molecule has 0 aliphatic carbocycles. The molecule has 0 bridgehead atoms. The number of thiophene rings is 1. The molecule has 4 heteroatoms. The van der Waals surface area contributed by atoms with Crippen LogP contribution in [0.5, 0.6) is 0 Å². The van der Waals surface area contributed by atoms with Crippen LogP contribution < -0.4 is 5.73 Å². The molecule has 0 radical (unpaired) electrons. The topological polar surface area (TPSA) is 26.0 Å². The van der Waals surface area contributed by atoms with Crippen molar-refractivity contribution in [2.45, 2.75) is 38.7 Å². The standard InChI is InChI=1S/C10H15F2NS/c1-7-4-5-14-8(7)10(11,12)6-9(2,3)13/h4-5H,6,13H2,1-3H3. The molecule has 0 atom stereocenters. The van der Waals surface area contributed by atoms with Gasteiger partial charge in [-0.3, -0.25) is 0 Å². The van der Waals surface area contributed by atoms with E-state index in [2.05, 4.69) is 0 Å². The van der Waals surface area contributed by atoms with Crippen LogP contribution in [0.3, 0.4) is 0 Å². The number of hydrogen-bond acceptors (Lipinski definition) is 2. The van der Waals surface area contributed by atoms with Gasteiger partial charge < -0.3 is 5.73 Å². The van der Waals surface area contributed by atoms with E-state index in [1.165, 1.54) is 0 Å². The summed E-state index contributed by atoms with van der Waals surface area (Å²) in [5.41, 5.74) is 5.40. The van der Waals surface area contributed by atoms with Crippen LogP contribution in [0.25, 0.3) is 0 Å². The SMILES string of the molecule is Cc1ccsc1C(F)(F)CC(C)(C)N. The van der Waals surface area contributed by atoms with Crippen LogP contribution in [0.2, 0.25) is 0 Å². The van der Waals surface area contributed by atoms with Crippen molar-refractivity contribution in [1.82, 2.24) is 0 Å². The van der Waals surface area contributed by atoms with Crippen LogP contribution in [0, 0.1) is 6.92 Å². The summed E-state index contributed by atoms with van der Waals surface area (Å²) in [5.74, 6) is -2.81. The number of halogens is 2. The van der Waals surface area contributed by atoms with Crippen LogP contribution in [0.4, 0.5) is 8.78 Å². The normalized spacial score (nSPS) is 13.3. The van der Waals surface area contributed by atoms with Gasteiger partial charge in [0.2, 0.25) is 0 Å². The van der Waals surface area contributed by atoms with E-state index in [9.17, 15) is 8.78 Å². The maximum Gasteiger partial charge on any atom is 0.284 e. The molecule has 2 N–H and O–H groups in total. The zero-order valence-corrected chi connectivity index (χ0v) is 9.42. The Bertz CT molecular complexity index is 312. The highest BCUT2D eigenvalue weighted by Crippen LogP contribution is 2.39. The summed E-state index contributed by atoms with van der Waals surface area (Å²) in [6, 6.07) is 1.71. The van der Waals surface area contributed by atoms with Gasteiger partial charge in [-0.25, -0.2) is 8.78 Å². The van der Waals surface area contributed by atoms with Gasteiger partial charge in [0, 0.05) is 12.0 Å². The lowest BCUT2D eigenvalue weighted by Gasteiger charge is -2.25. The van der Waals surface area contributed by atoms with Gasteiger partial charge in [0.1, 0.15) is 0 Å². The summed E-state index contributed by atoms with van der Waals surface area (Å²) >= 11 is 1.09. The zero-order valence-electron chi connectivity index (χ0n) is 8.60. The highest BCUT2D eigenvalue weighted by molar-refractivity contribution is 7.10. The largest absolute Gasteiger partial charge is 0.325 e. The van der Waals surface area contributed by atoms with E-state index in [4.69, 9.17) is 5.73 Å². The Morgan fingerprint density at radius 2 is 2.00 bits per heavy atom. The van der Waals surface area contributed by atoms with Crippen molar-refractivity contribution in [2.75, 3.05) is 0 Å². The molecule has 14 heavy (non-hydrogen) atoms. The number of rotatable bonds is 3. The van der Waals surface area contributed by atoms with Gasteiger partial charge in [0.25, 0.3) is 5.92 Å². The van der Waals surface area contributed by atoms with Crippen LogP contribution in [-0.4, -0.2) is 5.54 Å². The number of nitrogens with two attached hydrogens (primary N) is 1. The molecular weight excluding hydrogens is 204 g/mol. The Balaban J connectivity index is 2.91. The van der Waals surface area contributed by atoms with Crippen molar-refractivity contribution >= 4 is 11.3 Å². The van der Waals surface area contributed by atoms with Gasteiger partial charge in [-0.2, -0.15) is 0 Å². The average Bonchev–Trinajstić information content (AvgIpc) is 2.29. The predicted octanol–water partition coefficient (Wildman–Crippen LogP) is 3.28. The van der Waals surface area contributed by atoms with E-state index in [0.29, 0.717) is 5.56 Å². The van der Waals surface area contributed by atoms with E-state index in [1.54, 1.807) is 32.2 Å². The lowest BCUT2D eigenvalue weighted by Crippen LogP contribution is -2.37. The molecule has 0 unspecified atom stereocenters. The van der Waals surface area contributed by atoms with Gasteiger partial charge in [-0.1, -0.05) is 0 Å². The molecule has 1 heterocycles. The van der Waals surface area contributed by atoms with Crippen molar-refractivity contribution in [2.24, 2.45) is 5.73 Å². The second-order valence-electron chi connectivity index (χ2n) is 4.30. The molecule has 1 aromatic heterocycles. The van der Waals surface area contributed by atoms with E-state index < -0.39 is 11.5 Å². The smallest absolute Gasteiger partial charge is 0.284 e. The molecule has 0 aliphatic rings. The van der Waals surface area contributed by atoms with Crippen LogP contribution >= 0.6 is 11.3 Å². The Morgan fingerprint density at radius 1 is 1.43 bits per heavy atom. The van der Waals surface area contributed by atoms with Gasteiger partial charge in [-0.15, -0.1) is 11.3 Å². The van der Waals surface area contributed by atoms with Crippen LogP contribution in [0.15, 0.2) is 11.4 Å². The second kappa shape index (κ2) is 3.59. The number of alkyl halides is 2. The molecule has 0 spiro atoms. The molecule has 1 nitrogen and oxygen atoms in total. The van der Waals surface area contributed by atoms with Gasteiger partial charge in [0.15, 0.2) is 0 Å². The van der Waals surface area contributed by atoms with Crippen LogP contribution in [0.1, 0.15) is 30.7 Å². The van der Waals surface area contributed by atoms with Gasteiger partial charge in [0.05, 0.1) is 4.88 Å². The summed E-state index contributed by atoms with van der Waals surface area (Å²) < 4.78 is 27.4. The predicted molar refractivity (Wildman–Crippen MR) is 55.8 cm³/mol. The van der Waals surface area contributed by atoms with Crippen molar-refractivity contribution in [1.29, 1.82) is 0 Å². The highest BCUT2D eigenvalue weighted by atomic mass is 32.1. The quantitative estimate of drug-likeness (QED) is 0.829. The first-order valence-corrected chi connectivity index (χ1v) is 5.32. The number of hydrogen-bond donors (Lipinski definition) is 1. The summed E-state index contributed by atoms with van der Waals surface area (Å²) in [5, 5.41) is 1.68. The summed E-state index contributed by atoms with van der Waals surface area (Å²) in [7, 11) is 0. The molecule has 0 saturated heterocycles. The number of aryl methyl sites for hydroxylation is 1. The first-order valence-electron chi connectivity index (χ1n) is 4.44. The highest BCUT2D eigenvalue weighted by Gasteiger charge is 2.38. The molecule has 0 fully saturated rings. The summed E-state index contributed by atoms with van der Waals surface area (Å²) in [6.45, 7) is 4.93. The monoisotopic (exact) mass is 219 g/mol. The summed E-state index contributed by atoms with van der Waals surface area (Å²) in [4.78, 5) is 0.135. The molecule has 0 amide bonds. The lowest BCUT2D eigenvalue weighted by molar-refractivity contribution is -0.0264. The van der Waals surface area contributed by atoms with Crippen molar-refractivity contribution in [3.05, 3.63) is 21.9 Å². The minimum Gasteiger partial charge on any atom is -0.325 e. The molecule has 0 aromatic carbocycles. The molecular formula is C10H15F2NS. The minimum atomic E-state index is -2.81. The van der Waals surface area contributed by atoms with E-state index >= 15 is 0 Å². The van der Waals surface area contributed by atoms with Gasteiger partial charge >= 0.3 is 0 Å². The van der Waals surface area contributed by atoms with Crippen molar-refractivity contribution < 1.29 is 8.78 Å². The average molecular weight is 219 g/mol. The van der Waals surface area contributed by atoms with E-state index in [1.807, 2.05) is 0 Å². The molecule has 0 saturated carbocycles. The third-order valence-corrected chi connectivity index (χ3v) is 3.00. The first-order chi connectivity index (χ1) is 6.22. The fourth-order valence-electron chi connectivity index (χ4n) is 1.40. The molecule has 0 aliphatic heterocycles. The Labute approximate surface area is 86.9 Å². The molecule has 1 aromatic rings. The van der Waals surface area contributed by atoms with E-state index in [0.717, 1.165) is 11.3 Å². The molecule has 80 valence electrons. The third-order valence-electron chi connectivity index (χ3n) is 1.87. The maximum absolute atomic E-state index is 13.7. The van der Waals surface area contributed by atoms with Gasteiger partial charge in [-0.05, 0) is 37.8 Å². The lowest BCUT2D eigenvalue weighted by atomic mass is 9.96. The fraction of sp³-hybridized carbons (Fsp3) is 0.600. The zero-order chi connectivity index (χ0) is 11.0. The van der Waals surface area contributed by atoms with Crippen molar-refractivity contribution in [3.63, 3.8) is 0 Å². The molecule has 1 rings (SSSR count).